The number of amides is 2. The Bertz CT molecular complexity index is 559. The van der Waals surface area contributed by atoms with E-state index in [-0.39, 0.29) is 12.5 Å². The van der Waals surface area contributed by atoms with Crippen LogP contribution in [0.25, 0.3) is 0 Å². The monoisotopic (exact) mass is 336 g/mol. The second kappa shape index (κ2) is 9.54. The van der Waals surface area contributed by atoms with Crippen LogP contribution in [0.2, 0.25) is 0 Å². The molecule has 132 valence electrons. The standard InChI is InChI=1S/C17H24N2O5/c1-11(2)14(16(21)23-4)19-15(20)12(3)18-17(22)24-10-13-8-6-5-7-9-13/h5-9,11-12,14H,10H2,1-4H3,(H,18,22)(H,19,20)/t12-,14-/m0/s1. The molecule has 7 nitrogen and oxygen atoms in total. The van der Waals surface area contributed by atoms with E-state index >= 15 is 0 Å². The van der Waals surface area contributed by atoms with Crippen molar-refractivity contribution < 1.29 is 23.9 Å². The number of alkyl carbamates (subject to hydrolysis) is 1. The van der Waals surface area contributed by atoms with Crippen LogP contribution < -0.4 is 10.6 Å². The average molecular weight is 336 g/mol. The number of benzene rings is 1. The number of nitrogens with one attached hydrogen (secondary N) is 2. The molecule has 0 aliphatic rings. The highest BCUT2D eigenvalue weighted by molar-refractivity contribution is 5.89. The van der Waals surface area contributed by atoms with E-state index in [9.17, 15) is 14.4 Å². The van der Waals surface area contributed by atoms with Crippen molar-refractivity contribution in [3.63, 3.8) is 0 Å². The quantitative estimate of drug-likeness (QED) is 0.738. The molecular formula is C17H24N2O5. The third kappa shape index (κ3) is 6.28. The first-order chi connectivity index (χ1) is 11.3. The smallest absolute Gasteiger partial charge is 0.408 e. The number of carbonyl (C=O) groups excluding carboxylic acids is 3. The zero-order valence-corrected chi connectivity index (χ0v) is 14.4. The number of esters is 1. The van der Waals surface area contributed by atoms with Crippen molar-refractivity contribution >= 4 is 18.0 Å². The third-order valence-corrected chi connectivity index (χ3v) is 3.36. The van der Waals surface area contributed by atoms with Crippen LogP contribution in [0.5, 0.6) is 0 Å². The number of hydrogen-bond donors (Lipinski definition) is 2. The van der Waals surface area contributed by atoms with Gasteiger partial charge in [-0.2, -0.15) is 0 Å². The van der Waals surface area contributed by atoms with Crippen LogP contribution in [-0.2, 0) is 25.7 Å². The largest absolute Gasteiger partial charge is 0.467 e. The summed E-state index contributed by atoms with van der Waals surface area (Å²) in [5.74, 6) is -1.16. The van der Waals surface area contributed by atoms with Gasteiger partial charge in [-0.15, -0.1) is 0 Å². The van der Waals surface area contributed by atoms with Crippen molar-refractivity contribution in [3.8, 4) is 0 Å². The van der Waals surface area contributed by atoms with E-state index in [1.165, 1.54) is 14.0 Å². The van der Waals surface area contributed by atoms with Crippen LogP contribution in [0, 0.1) is 5.92 Å². The zero-order valence-electron chi connectivity index (χ0n) is 14.4. The Kier molecular flexibility index (Phi) is 7.74. The first kappa shape index (κ1) is 19.5. The molecule has 0 bridgehead atoms. The minimum Gasteiger partial charge on any atom is -0.467 e. The summed E-state index contributed by atoms with van der Waals surface area (Å²) in [6.45, 7) is 5.19. The van der Waals surface area contributed by atoms with E-state index in [2.05, 4.69) is 15.4 Å². The summed E-state index contributed by atoms with van der Waals surface area (Å²) < 4.78 is 9.71. The molecule has 0 saturated heterocycles. The molecule has 24 heavy (non-hydrogen) atoms. The molecule has 0 aromatic heterocycles. The molecule has 2 amide bonds. The summed E-state index contributed by atoms with van der Waals surface area (Å²) in [5.41, 5.74) is 0.843. The zero-order chi connectivity index (χ0) is 18.1. The average Bonchev–Trinajstić information content (AvgIpc) is 2.57. The lowest BCUT2D eigenvalue weighted by atomic mass is 10.0. The van der Waals surface area contributed by atoms with Gasteiger partial charge >= 0.3 is 12.1 Å². The number of carbonyl (C=O) groups is 3. The molecule has 0 unspecified atom stereocenters. The SMILES string of the molecule is COC(=O)[C@@H](NC(=O)[C@H](C)NC(=O)OCc1ccccc1)C(C)C. The van der Waals surface area contributed by atoms with Gasteiger partial charge in [-0.25, -0.2) is 9.59 Å². The molecule has 0 spiro atoms. The molecule has 0 aliphatic carbocycles. The van der Waals surface area contributed by atoms with E-state index in [0.29, 0.717) is 0 Å². The topological polar surface area (TPSA) is 93.7 Å². The van der Waals surface area contributed by atoms with Crippen LogP contribution in [0.15, 0.2) is 30.3 Å². The van der Waals surface area contributed by atoms with Gasteiger partial charge in [-0.1, -0.05) is 44.2 Å². The maximum atomic E-state index is 12.1. The van der Waals surface area contributed by atoms with Gasteiger partial charge < -0.3 is 20.1 Å². The maximum absolute atomic E-state index is 12.1. The molecule has 7 heteroatoms. The van der Waals surface area contributed by atoms with Crippen molar-refractivity contribution in [1.82, 2.24) is 10.6 Å². The van der Waals surface area contributed by atoms with Gasteiger partial charge in [-0.05, 0) is 18.4 Å². The van der Waals surface area contributed by atoms with Crippen LogP contribution in [0.4, 0.5) is 4.79 Å². The highest BCUT2D eigenvalue weighted by atomic mass is 16.5. The van der Waals surface area contributed by atoms with Crippen molar-refractivity contribution in [2.24, 2.45) is 5.92 Å². The summed E-state index contributed by atoms with van der Waals surface area (Å²) in [5, 5.41) is 4.99. The fourth-order valence-electron chi connectivity index (χ4n) is 1.91. The third-order valence-electron chi connectivity index (χ3n) is 3.36. The van der Waals surface area contributed by atoms with Gasteiger partial charge in [-0.3, -0.25) is 4.79 Å². The molecule has 0 fully saturated rings. The first-order valence-electron chi connectivity index (χ1n) is 7.70. The summed E-state index contributed by atoms with van der Waals surface area (Å²) in [4.78, 5) is 35.5. The molecule has 0 radical (unpaired) electrons. The lowest BCUT2D eigenvalue weighted by Crippen LogP contribution is -2.52. The summed E-state index contributed by atoms with van der Waals surface area (Å²) in [6, 6.07) is 7.57. The Morgan fingerprint density at radius 3 is 2.21 bits per heavy atom. The normalized spacial score (nSPS) is 12.9. The van der Waals surface area contributed by atoms with Crippen molar-refractivity contribution in [2.45, 2.75) is 39.5 Å². The molecule has 0 heterocycles. The molecule has 1 aromatic rings. The van der Waals surface area contributed by atoms with Crippen LogP contribution in [0.1, 0.15) is 26.3 Å². The van der Waals surface area contributed by atoms with Crippen LogP contribution >= 0.6 is 0 Å². The molecule has 2 N–H and O–H groups in total. The predicted molar refractivity (Wildman–Crippen MR) is 88.0 cm³/mol. The lowest BCUT2D eigenvalue weighted by Gasteiger charge is -2.22. The highest BCUT2D eigenvalue weighted by Gasteiger charge is 2.27. The molecule has 1 aromatic carbocycles. The van der Waals surface area contributed by atoms with E-state index in [1.54, 1.807) is 13.8 Å². The van der Waals surface area contributed by atoms with Gasteiger partial charge in [0.2, 0.25) is 5.91 Å². The van der Waals surface area contributed by atoms with E-state index in [4.69, 9.17) is 4.74 Å². The fourth-order valence-corrected chi connectivity index (χ4v) is 1.91. The Hall–Kier alpha value is -2.57. The minimum atomic E-state index is -0.848. The van der Waals surface area contributed by atoms with Crippen LogP contribution in [0.3, 0.4) is 0 Å². The summed E-state index contributed by atoms with van der Waals surface area (Å²) in [7, 11) is 1.26. The van der Waals surface area contributed by atoms with Gasteiger partial charge in [0, 0.05) is 0 Å². The van der Waals surface area contributed by atoms with Crippen molar-refractivity contribution in [3.05, 3.63) is 35.9 Å². The number of methoxy groups -OCH3 is 1. The Morgan fingerprint density at radius 1 is 1.04 bits per heavy atom. The summed E-state index contributed by atoms with van der Waals surface area (Å²) >= 11 is 0. The van der Waals surface area contributed by atoms with Crippen LogP contribution in [-0.4, -0.2) is 37.2 Å². The number of hydrogen-bond acceptors (Lipinski definition) is 5. The molecule has 0 aliphatic heterocycles. The van der Waals surface area contributed by atoms with Crippen molar-refractivity contribution in [1.29, 1.82) is 0 Å². The van der Waals surface area contributed by atoms with Gasteiger partial charge in [0.1, 0.15) is 18.7 Å². The Morgan fingerprint density at radius 2 is 1.67 bits per heavy atom. The Labute approximate surface area is 141 Å². The van der Waals surface area contributed by atoms with E-state index in [0.717, 1.165) is 5.56 Å². The molecule has 2 atom stereocenters. The Balaban J connectivity index is 2.47. The predicted octanol–water partition coefficient (Wildman–Crippen LogP) is 1.62. The lowest BCUT2D eigenvalue weighted by molar-refractivity contribution is -0.146. The van der Waals surface area contributed by atoms with Crippen molar-refractivity contribution in [2.75, 3.05) is 7.11 Å². The van der Waals surface area contributed by atoms with E-state index < -0.39 is 30.1 Å². The first-order valence-corrected chi connectivity index (χ1v) is 7.70. The molecule has 1 rings (SSSR count). The molecule has 0 saturated carbocycles. The van der Waals surface area contributed by atoms with Gasteiger partial charge in [0.05, 0.1) is 7.11 Å². The molecular weight excluding hydrogens is 312 g/mol. The fraction of sp³-hybridized carbons (Fsp3) is 0.471. The van der Waals surface area contributed by atoms with Gasteiger partial charge in [0.25, 0.3) is 0 Å². The number of ether oxygens (including phenoxy) is 2. The highest BCUT2D eigenvalue weighted by Crippen LogP contribution is 2.04. The second-order valence-electron chi connectivity index (χ2n) is 5.68. The number of rotatable bonds is 7. The maximum Gasteiger partial charge on any atom is 0.408 e. The van der Waals surface area contributed by atoms with Gasteiger partial charge in [0.15, 0.2) is 0 Å². The minimum absolute atomic E-state index is 0.109. The summed E-state index contributed by atoms with van der Waals surface area (Å²) in [6.07, 6.45) is -0.708. The second-order valence-corrected chi connectivity index (χ2v) is 5.68. The van der Waals surface area contributed by atoms with E-state index in [1.807, 2.05) is 30.3 Å².